The quantitative estimate of drug-likeness (QED) is 0.400. The zero-order chi connectivity index (χ0) is 24.2. The van der Waals surface area contributed by atoms with E-state index in [0.717, 1.165) is 32.1 Å². The standard InChI is InChI=1S/C31H48O2/c1-19(2)21-11-16-31(20(3)32)18-17-29(7)22(26(21)31)9-10-24-28(6)14-13-25(33)27(4,5)23(28)12-15-30(24,29)8/h21-24,26H,1,9-18H2,2-8H3/t21-,22?,23-,24+,26?,28-,29+,30+,31+/m0/s1. The molecule has 0 spiro atoms. The van der Waals surface area contributed by atoms with E-state index in [2.05, 4.69) is 48.1 Å². The Labute approximate surface area is 202 Å². The minimum Gasteiger partial charge on any atom is -0.299 e. The summed E-state index contributed by atoms with van der Waals surface area (Å²) in [5.74, 6) is 3.77. The number of hydrogen-bond donors (Lipinski definition) is 0. The van der Waals surface area contributed by atoms with Crippen LogP contribution in [0.15, 0.2) is 12.2 Å². The molecule has 0 bridgehead atoms. The maximum absolute atomic E-state index is 13.2. The Hall–Kier alpha value is -0.920. The molecule has 0 heterocycles. The zero-order valence-corrected chi connectivity index (χ0v) is 22.5. The van der Waals surface area contributed by atoms with Crippen LogP contribution in [0, 0.1) is 56.7 Å². The highest BCUT2D eigenvalue weighted by atomic mass is 16.1. The molecular formula is C31H48O2. The van der Waals surface area contributed by atoms with E-state index >= 15 is 0 Å². The maximum Gasteiger partial charge on any atom is 0.138 e. The first-order valence-electron chi connectivity index (χ1n) is 14.0. The average molecular weight is 453 g/mol. The number of rotatable bonds is 2. The van der Waals surface area contributed by atoms with Crippen LogP contribution in [0.5, 0.6) is 0 Å². The Morgan fingerprint density at radius 1 is 0.818 bits per heavy atom. The van der Waals surface area contributed by atoms with Gasteiger partial charge in [-0.1, -0.05) is 46.8 Å². The van der Waals surface area contributed by atoms with E-state index in [4.69, 9.17) is 0 Å². The molecule has 5 saturated carbocycles. The Kier molecular flexibility index (Phi) is 5.10. The first kappa shape index (κ1) is 23.8. The normalized spacial score (nSPS) is 52.8. The molecule has 0 radical (unpaired) electrons. The molecule has 5 aliphatic rings. The van der Waals surface area contributed by atoms with Gasteiger partial charge in [0.25, 0.3) is 0 Å². The van der Waals surface area contributed by atoms with Crippen molar-refractivity contribution >= 4 is 11.6 Å². The van der Waals surface area contributed by atoms with Crippen molar-refractivity contribution < 1.29 is 9.59 Å². The third-order valence-electron chi connectivity index (χ3n) is 13.5. The molecule has 0 amide bonds. The highest BCUT2D eigenvalue weighted by Crippen LogP contribution is 2.77. The lowest BCUT2D eigenvalue weighted by atomic mass is 9.32. The van der Waals surface area contributed by atoms with Gasteiger partial charge in [0, 0.05) is 17.3 Å². The second-order valence-electron chi connectivity index (χ2n) is 14.5. The third-order valence-corrected chi connectivity index (χ3v) is 13.5. The molecule has 184 valence electrons. The highest BCUT2D eigenvalue weighted by molar-refractivity contribution is 5.85. The summed E-state index contributed by atoms with van der Waals surface area (Å²) < 4.78 is 0. The van der Waals surface area contributed by atoms with Gasteiger partial charge in [0.15, 0.2) is 0 Å². The fourth-order valence-electron chi connectivity index (χ4n) is 11.5. The van der Waals surface area contributed by atoms with Crippen molar-refractivity contribution in [1.82, 2.24) is 0 Å². The van der Waals surface area contributed by atoms with Crippen LogP contribution in [0.2, 0.25) is 0 Å². The molecule has 5 rings (SSSR count). The topological polar surface area (TPSA) is 34.1 Å². The van der Waals surface area contributed by atoms with Crippen molar-refractivity contribution in [2.75, 3.05) is 0 Å². The predicted molar refractivity (Wildman–Crippen MR) is 135 cm³/mol. The second kappa shape index (κ2) is 7.07. The number of carbonyl (C=O) groups excluding carboxylic acids is 2. The van der Waals surface area contributed by atoms with Crippen molar-refractivity contribution in [2.24, 2.45) is 56.7 Å². The molecule has 2 unspecified atom stereocenters. The molecule has 0 aromatic carbocycles. The van der Waals surface area contributed by atoms with E-state index in [1.54, 1.807) is 0 Å². The van der Waals surface area contributed by atoms with Gasteiger partial charge in [0.1, 0.15) is 11.6 Å². The molecular weight excluding hydrogens is 404 g/mol. The first-order valence-corrected chi connectivity index (χ1v) is 14.0. The van der Waals surface area contributed by atoms with Crippen LogP contribution in [0.3, 0.4) is 0 Å². The summed E-state index contributed by atoms with van der Waals surface area (Å²) in [5.41, 5.74) is 1.86. The molecule has 5 aliphatic carbocycles. The number of Topliss-reactive ketones (excluding diaryl/α,β-unsaturated/α-hetero) is 2. The largest absolute Gasteiger partial charge is 0.299 e. The average Bonchev–Trinajstić information content (AvgIpc) is 3.13. The Balaban J connectivity index is 1.57. The highest BCUT2D eigenvalue weighted by Gasteiger charge is 2.71. The van der Waals surface area contributed by atoms with Crippen LogP contribution in [0.25, 0.3) is 0 Å². The van der Waals surface area contributed by atoms with E-state index < -0.39 is 0 Å². The molecule has 5 fully saturated rings. The number of allylic oxidation sites excluding steroid dienone is 1. The molecule has 0 aromatic rings. The minimum atomic E-state index is -0.182. The van der Waals surface area contributed by atoms with Gasteiger partial charge in [-0.2, -0.15) is 0 Å². The third kappa shape index (κ3) is 2.73. The van der Waals surface area contributed by atoms with Gasteiger partial charge < -0.3 is 0 Å². The van der Waals surface area contributed by atoms with E-state index in [1.165, 1.54) is 37.7 Å². The van der Waals surface area contributed by atoms with Crippen LogP contribution in [0.4, 0.5) is 0 Å². The molecule has 0 aromatic heterocycles. The number of fused-ring (bicyclic) bond motifs is 7. The van der Waals surface area contributed by atoms with Gasteiger partial charge in [-0.3, -0.25) is 9.59 Å². The summed E-state index contributed by atoms with van der Waals surface area (Å²) in [4.78, 5) is 26.1. The lowest BCUT2D eigenvalue weighted by molar-refractivity contribution is -0.232. The molecule has 0 saturated heterocycles. The smallest absolute Gasteiger partial charge is 0.138 e. The number of ketones is 2. The summed E-state index contributed by atoms with van der Waals surface area (Å²) in [7, 11) is 0. The van der Waals surface area contributed by atoms with E-state index in [0.29, 0.717) is 46.6 Å². The van der Waals surface area contributed by atoms with Crippen LogP contribution in [-0.4, -0.2) is 11.6 Å². The van der Waals surface area contributed by atoms with Gasteiger partial charge in [0.05, 0.1) is 0 Å². The van der Waals surface area contributed by atoms with Crippen molar-refractivity contribution in [1.29, 1.82) is 0 Å². The van der Waals surface area contributed by atoms with E-state index in [-0.39, 0.29) is 21.7 Å². The summed E-state index contributed by atoms with van der Waals surface area (Å²) in [5, 5.41) is 0. The van der Waals surface area contributed by atoms with Gasteiger partial charge in [-0.25, -0.2) is 0 Å². The first-order chi connectivity index (χ1) is 15.3. The zero-order valence-electron chi connectivity index (χ0n) is 22.5. The van der Waals surface area contributed by atoms with Crippen LogP contribution in [-0.2, 0) is 9.59 Å². The van der Waals surface area contributed by atoms with Crippen LogP contribution in [0.1, 0.15) is 113 Å². The SMILES string of the molecule is C=C(C)[C@@H]1CC[C@]2(C(C)=O)CC[C@]3(C)C(CC[C@@H]4[C@@]5(C)CCC(=O)C(C)(C)[C@@H]5CC[C@]43C)C12. The van der Waals surface area contributed by atoms with Gasteiger partial charge in [-0.05, 0) is 117 Å². The van der Waals surface area contributed by atoms with Crippen molar-refractivity contribution in [2.45, 2.75) is 113 Å². The molecule has 0 N–H and O–H groups in total. The van der Waals surface area contributed by atoms with E-state index in [1.807, 2.05) is 6.92 Å². The maximum atomic E-state index is 13.2. The van der Waals surface area contributed by atoms with Crippen LogP contribution >= 0.6 is 0 Å². The van der Waals surface area contributed by atoms with Gasteiger partial charge in [-0.15, -0.1) is 0 Å². The van der Waals surface area contributed by atoms with Crippen molar-refractivity contribution in [3.8, 4) is 0 Å². The summed E-state index contributed by atoms with van der Waals surface area (Å²) in [6.07, 6.45) is 11.3. The lowest BCUT2D eigenvalue weighted by Gasteiger charge is -2.72. The predicted octanol–water partition coefficient (Wildman–Crippen LogP) is 7.80. The number of hydrogen-bond acceptors (Lipinski definition) is 2. The minimum absolute atomic E-state index is 0.0999. The fourth-order valence-corrected chi connectivity index (χ4v) is 11.5. The molecule has 2 nitrogen and oxygen atoms in total. The summed E-state index contributed by atoms with van der Waals surface area (Å²) in [6.45, 7) is 20.8. The molecule has 2 heteroatoms. The van der Waals surface area contributed by atoms with Crippen molar-refractivity contribution in [3.05, 3.63) is 12.2 Å². The second-order valence-corrected chi connectivity index (χ2v) is 14.5. The van der Waals surface area contributed by atoms with Gasteiger partial charge in [0.2, 0.25) is 0 Å². The molecule has 9 atom stereocenters. The lowest BCUT2D eigenvalue weighted by Crippen LogP contribution is -2.66. The molecule has 33 heavy (non-hydrogen) atoms. The van der Waals surface area contributed by atoms with Gasteiger partial charge >= 0.3 is 0 Å². The van der Waals surface area contributed by atoms with Crippen molar-refractivity contribution in [3.63, 3.8) is 0 Å². The Morgan fingerprint density at radius 2 is 1.52 bits per heavy atom. The Morgan fingerprint density at radius 3 is 2.15 bits per heavy atom. The number of carbonyl (C=O) groups is 2. The Bertz CT molecular complexity index is 899. The summed E-state index contributed by atoms with van der Waals surface area (Å²) in [6, 6.07) is 0. The fraction of sp³-hybridized carbons (Fsp3) is 0.871. The van der Waals surface area contributed by atoms with Crippen LogP contribution < -0.4 is 0 Å². The monoisotopic (exact) mass is 452 g/mol. The molecule has 0 aliphatic heterocycles. The van der Waals surface area contributed by atoms with E-state index in [9.17, 15) is 9.59 Å². The summed E-state index contributed by atoms with van der Waals surface area (Å²) >= 11 is 0.